The van der Waals surface area contributed by atoms with Gasteiger partial charge in [0.25, 0.3) is 0 Å². The Morgan fingerprint density at radius 3 is 2.42 bits per heavy atom. The van der Waals surface area contributed by atoms with Gasteiger partial charge in [-0.3, -0.25) is 9.59 Å². The average molecular weight is 336 g/mol. The number of rotatable bonds is 9. The van der Waals surface area contributed by atoms with Crippen molar-refractivity contribution in [3.63, 3.8) is 0 Å². The normalized spacial score (nSPS) is 9.96. The molecule has 0 saturated heterocycles. The van der Waals surface area contributed by atoms with E-state index in [1.165, 1.54) is 9.80 Å². The molecule has 2 N–H and O–H groups in total. The Balaban J connectivity index is 2.40. The summed E-state index contributed by atoms with van der Waals surface area (Å²) in [5, 5.41) is 5.50. The summed E-state index contributed by atoms with van der Waals surface area (Å²) in [5.41, 5.74) is 1.49. The lowest BCUT2D eigenvalue weighted by atomic mass is 10.2. The molecule has 8 nitrogen and oxygen atoms in total. The molecule has 0 aliphatic carbocycles. The molecule has 24 heavy (non-hydrogen) atoms. The fourth-order valence-corrected chi connectivity index (χ4v) is 1.76. The highest BCUT2D eigenvalue weighted by Gasteiger charge is 2.10. The smallest absolute Gasteiger partial charge is 0.409 e. The number of nitrogens with zero attached hydrogens (tertiary/aromatic N) is 2. The van der Waals surface area contributed by atoms with E-state index in [4.69, 9.17) is 4.74 Å². The molecule has 0 saturated carbocycles. The first-order chi connectivity index (χ1) is 11.5. The van der Waals surface area contributed by atoms with E-state index < -0.39 is 6.09 Å². The topological polar surface area (TPSA) is 91.0 Å². The molecule has 132 valence electrons. The van der Waals surface area contributed by atoms with Gasteiger partial charge in [-0.25, -0.2) is 4.79 Å². The molecule has 0 atom stereocenters. The first-order valence-corrected chi connectivity index (χ1v) is 7.53. The molecule has 0 fully saturated rings. The second kappa shape index (κ2) is 10.2. The van der Waals surface area contributed by atoms with Gasteiger partial charge in [-0.15, -0.1) is 0 Å². The largest absolute Gasteiger partial charge is 0.445 e. The lowest BCUT2D eigenvalue weighted by Gasteiger charge is -2.19. The molecule has 0 aliphatic rings. The lowest BCUT2D eigenvalue weighted by Crippen LogP contribution is -2.34. The van der Waals surface area contributed by atoms with Gasteiger partial charge in [0.15, 0.2) is 0 Å². The van der Waals surface area contributed by atoms with Crippen LogP contribution in [0, 0.1) is 0 Å². The monoisotopic (exact) mass is 336 g/mol. The third-order valence-electron chi connectivity index (χ3n) is 3.22. The number of anilines is 1. The molecule has 0 bridgehead atoms. The van der Waals surface area contributed by atoms with E-state index in [-0.39, 0.29) is 19.1 Å². The van der Waals surface area contributed by atoms with E-state index >= 15 is 0 Å². The van der Waals surface area contributed by atoms with E-state index in [1.807, 2.05) is 0 Å². The van der Waals surface area contributed by atoms with Crippen LogP contribution < -0.4 is 10.6 Å². The predicted molar refractivity (Wildman–Crippen MR) is 90.5 cm³/mol. The SMILES string of the molecule is CNCC(=O)Nc1ccc(COC(=O)N(C)CCN(C)C=O)cc1. The summed E-state index contributed by atoms with van der Waals surface area (Å²) in [6.07, 6.45) is 0.247. The van der Waals surface area contributed by atoms with Gasteiger partial charge in [-0.1, -0.05) is 12.1 Å². The fraction of sp³-hybridized carbons (Fsp3) is 0.438. The summed E-state index contributed by atoms with van der Waals surface area (Å²) in [6, 6.07) is 7.06. The average Bonchev–Trinajstić information content (AvgIpc) is 2.58. The van der Waals surface area contributed by atoms with Gasteiger partial charge >= 0.3 is 6.09 Å². The Morgan fingerprint density at radius 1 is 1.17 bits per heavy atom. The summed E-state index contributed by atoms with van der Waals surface area (Å²) < 4.78 is 5.20. The number of hydrogen-bond acceptors (Lipinski definition) is 5. The van der Waals surface area contributed by atoms with Gasteiger partial charge < -0.3 is 25.2 Å². The Hall–Kier alpha value is -2.61. The molecule has 0 heterocycles. The van der Waals surface area contributed by atoms with E-state index in [2.05, 4.69) is 10.6 Å². The molecule has 0 spiro atoms. The van der Waals surface area contributed by atoms with Crippen LogP contribution in [-0.4, -0.2) is 69.0 Å². The summed E-state index contributed by atoms with van der Waals surface area (Å²) in [7, 11) is 4.95. The minimum Gasteiger partial charge on any atom is -0.445 e. The first-order valence-electron chi connectivity index (χ1n) is 7.53. The standard InChI is InChI=1S/C16H24N4O4/c1-17-10-15(22)18-14-6-4-13(5-7-14)11-24-16(23)20(3)9-8-19(2)12-21/h4-7,12,17H,8-11H2,1-3H3,(H,18,22). The van der Waals surface area contributed by atoms with E-state index in [0.29, 0.717) is 25.2 Å². The summed E-state index contributed by atoms with van der Waals surface area (Å²) >= 11 is 0. The highest BCUT2D eigenvalue weighted by Crippen LogP contribution is 2.10. The van der Waals surface area contributed by atoms with Crippen LogP contribution in [0.4, 0.5) is 10.5 Å². The maximum atomic E-state index is 11.8. The minimum absolute atomic E-state index is 0.126. The second-order valence-corrected chi connectivity index (χ2v) is 5.34. The van der Waals surface area contributed by atoms with Crippen molar-refractivity contribution >= 4 is 24.1 Å². The molecule has 3 amide bonds. The van der Waals surface area contributed by atoms with Crippen molar-refractivity contribution in [2.45, 2.75) is 6.61 Å². The van der Waals surface area contributed by atoms with Crippen LogP contribution in [0.15, 0.2) is 24.3 Å². The van der Waals surface area contributed by atoms with Gasteiger partial charge in [0.1, 0.15) is 6.61 Å². The second-order valence-electron chi connectivity index (χ2n) is 5.34. The number of benzene rings is 1. The Morgan fingerprint density at radius 2 is 1.83 bits per heavy atom. The zero-order chi connectivity index (χ0) is 17.9. The van der Waals surface area contributed by atoms with Crippen molar-refractivity contribution in [1.29, 1.82) is 0 Å². The van der Waals surface area contributed by atoms with Crippen molar-refractivity contribution in [1.82, 2.24) is 15.1 Å². The van der Waals surface area contributed by atoms with Gasteiger partial charge in [-0.2, -0.15) is 0 Å². The third-order valence-corrected chi connectivity index (χ3v) is 3.22. The van der Waals surface area contributed by atoms with Crippen molar-refractivity contribution in [3.8, 4) is 0 Å². The molecule has 1 aromatic carbocycles. The van der Waals surface area contributed by atoms with Crippen LogP contribution in [0.1, 0.15) is 5.56 Å². The van der Waals surface area contributed by atoms with Gasteiger partial charge in [0, 0.05) is 32.9 Å². The van der Waals surface area contributed by atoms with Gasteiger partial charge in [0.2, 0.25) is 12.3 Å². The minimum atomic E-state index is -0.458. The summed E-state index contributed by atoms with van der Waals surface area (Å²) in [5.74, 6) is -0.126. The Bertz CT molecular complexity index is 548. The fourth-order valence-electron chi connectivity index (χ4n) is 1.76. The van der Waals surface area contributed by atoms with E-state index in [9.17, 15) is 14.4 Å². The molecule has 0 radical (unpaired) electrons. The van der Waals surface area contributed by atoms with Crippen LogP contribution in [0.3, 0.4) is 0 Å². The number of likely N-dealkylation sites (N-methyl/N-ethyl adjacent to an activating group) is 3. The summed E-state index contributed by atoms with van der Waals surface area (Å²) in [6.45, 7) is 1.21. The quantitative estimate of drug-likeness (QED) is 0.641. The predicted octanol–water partition coefficient (Wildman–Crippen LogP) is 0.501. The van der Waals surface area contributed by atoms with Crippen molar-refractivity contribution in [3.05, 3.63) is 29.8 Å². The highest BCUT2D eigenvalue weighted by atomic mass is 16.6. The zero-order valence-electron chi connectivity index (χ0n) is 14.2. The van der Waals surface area contributed by atoms with Crippen LogP contribution in [0.25, 0.3) is 0 Å². The Kier molecular flexibility index (Phi) is 8.28. The van der Waals surface area contributed by atoms with Crippen LogP contribution in [0.5, 0.6) is 0 Å². The summed E-state index contributed by atoms with van der Waals surface area (Å²) in [4.78, 5) is 36.6. The third kappa shape index (κ3) is 7.10. The molecular formula is C16H24N4O4. The molecular weight excluding hydrogens is 312 g/mol. The first kappa shape index (κ1) is 19.4. The van der Waals surface area contributed by atoms with Crippen molar-refractivity contribution in [2.75, 3.05) is 46.1 Å². The van der Waals surface area contributed by atoms with E-state index in [0.717, 1.165) is 5.56 Å². The Labute approximate surface area is 141 Å². The molecule has 1 aromatic rings. The number of carbonyl (C=O) groups excluding carboxylic acids is 3. The van der Waals surface area contributed by atoms with Crippen LogP contribution >= 0.6 is 0 Å². The van der Waals surface area contributed by atoms with Crippen LogP contribution in [-0.2, 0) is 20.9 Å². The molecule has 0 unspecified atom stereocenters. The molecule has 8 heteroatoms. The lowest BCUT2D eigenvalue weighted by molar-refractivity contribution is -0.117. The molecule has 0 aromatic heterocycles. The van der Waals surface area contributed by atoms with Gasteiger partial charge in [0.05, 0.1) is 6.54 Å². The number of ether oxygens (including phenoxy) is 1. The zero-order valence-corrected chi connectivity index (χ0v) is 14.2. The molecule has 0 aliphatic heterocycles. The number of nitrogens with one attached hydrogen (secondary N) is 2. The maximum Gasteiger partial charge on any atom is 0.409 e. The van der Waals surface area contributed by atoms with Crippen molar-refractivity contribution in [2.24, 2.45) is 0 Å². The number of amides is 3. The van der Waals surface area contributed by atoms with E-state index in [1.54, 1.807) is 45.4 Å². The van der Waals surface area contributed by atoms with Crippen LogP contribution in [0.2, 0.25) is 0 Å². The highest BCUT2D eigenvalue weighted by molar-refractivity contribution is 5.92. The number of carbonyl (C=O) groups is 3. The number of hydrogen-bond donors (Lipinski definition) is 2. The van der Waals surface area contributed by atoms with Gasteiger partial charge in [-0.05, 0) is 24.7 Å². The van der Waals surface area contributed by atoms with Crippen molar-refractivity contribution < 1.29 is 19.1 Å². The molecule has 1 rings (SSSR count). The maximum absolute atomic E-state index is 11.8.